The second-order valence-corrected chi connectivity index (χ2v) is 4.35. The molecule has 0 radical (unpaired) electrons. The molecule has 14 heavy (non-hydrogen) atoms. The Hall–Kier alpha value is -0.830. The molecule has 0 aliphatic rings. The van der Waals surface area contributed by atoms with Crippen LogP contribution in [-0.2, 0) is 4.79 Å². The Morgan fingerprint density at radius 2 is 2.00 bits per heavy atom. The van der Waals surface area contributed by atoms with Crippen LogP contribution in [0.1, 0.15) is 34.1 Å². The predicted molar refractivity (Wildman–Crippen MR) is 58.4 cm³/mol. The smallest absolute Gasteiger partial charge is 0.328 e. The first-order valence-corrected chi connectivity index (χ1v) is 4.91. The zero-order chi connectivity index (χ0) is 11.4. The Morgan fingerprint density at radius 1 is 1.50 bits per heavy atom. The summed E-state index contributed by atoms with van der Waals surface area (Å²) < 4.78 is 0. The van der Waals surface area contributed by atoms with Gasteiger partial charge in [0.05, 0.1) is 0 Å². The van der Waals surface area contributed by atoms with Crippen molar-refractivity contribution in [2.24, 2.45) is 0 Å². The zero-order valence-corrected chi connectivity index (χ0v) is 9.79. The minimum absolute atomic E-state index is 0.119. The van der Waals surface area contributed by atoms with E-state index < -0.39 is 5.97 Å². The van der Waals surface area contributed by atoms with Gasteiger partial charge in [0.1, 0.15) is 0 Å². The Kier molecular flexibility index (Phi) is 4.85. The summed E-state index contributed by atoms with van der Waals surface area (Å²) in [7, 11) is 2.02. The normalized spacial score (nSPS) is 13.4. The highest BCUT2D eigenvalue weighted by Crippen LogP contribution is 2.17. The van der Waals surface area contributed by atoms with E-state index in [1.54, 1.807) is 0 Å². The van der Waals surface area contributed by atoms with E-state index >= 15 is 0 Å². The SMILES string of the molecule is CCC(C)(C)N(C)CC(C)=CC(=O)O. The highest BCUT2D eigenvalue weighted by Gasteiger charge is 2.20. The van der Waals surface area contributed by atoms with E-state index in [2.05, 4.69) is 25.7 Å². The second kappa shape index (κ2) is 5.15. The number of hydrogen-bond donors (Lipinski definition) is 1. The van der Waals surface area contributed by atoms with Crippen molar-refractivity contribution in [3.63, 3.8) is 0 Å². The number of aliphatic carboxylic acids is 1. The molecule has 1 N–H and O–H groups in total. The van der Waals surface area contributed by atoms with Gasteiger partial charge >= 0.3 is 5.97 Å². The molecule has 82 valence electrons. The van der Waals surface area contributed by atoms with Crippen LogP contribution < -0.4 is 0 Å². The fraction of sp³-hybridized carbons (Fsp3) is 0.727. The van der Waals surface area contributed by atoms with Crippen molar-refractivity contribution < 1.29 is 9.90 Å². The quantitative estimate of drug-likeness (QED) is 0.690. The van der Waals surface area contributed by atoms with Crippen molar-refractivity contribution >= 4 is 5.97 Å². The number of hydrogen-bond acceptors (Lipinski definition) is 2. The van der Waals surface area contributed by atoms with E-state index in [1.165, 1.54) is 6.08 Å². The van der Waals surface area contributed by atoms with Crippen LogP contribution in [0.25, 0.3) is 0 Å². The molecule has 0 saturated carbocycles. The van der Waals surface area contributed by atoms with Gasteiger partial charge in [0.25, 0.3) is 0 Å². The summed E-state index contributed by atoms with van der Waals surface area (Å²) in [4.78, 5) is 12.6. The maximum atomic E-state index is 10.4. The lowest BCUT2D eigenvalue weighted by molar-refractivity contribution is -0.131. The van der Waals surface area contributed by atoms with Crippen LogP contribution in [0.5, 0.6) is 0 Å². The number of carboxylic acids is 1. The monoisotopic (exact) mass is 199 g/mol. The van der Waals surface area contributed by atoms with Crippen molar-refractivity contribution in [1.29, 1.82) is 0 Å². The molecule has 0 unspecified atom stereocenters. The summed E-state index contributed by atoms with van der Waals surface area (Å²) in [6.07, 6.45) is 2.31. The Bertz CT molecular complexity index is 231. The Labute approximate surface area is 86.4 Å². The van der Waals surface area contributed by atoms with Gasteiger partial charge < -0.3 is 5.11 Å². The maximum Gasteiger partial charge on any atom is 0.328 e. The van der Waals surface area contributed by atoms with Gasteiger partial charge in [-0.2, -0.15) is 0 Å². The lowest BCUT2D eigenvalue weighted by atomic mass is 9.99. The molecule has 0 saturated heterocycles. The molecule has 0 fully saturated rings. The van der Waals surface area contributed by atoms with Crippen molar-refractivity contribution in [1.82, 2.24) is 4.90 Å². The van der Waals surface area contributed by atoms with Gasteiger partial charge in [0.2, 0.25) is 0 Å². The van der Waals surface area contributed by atoms with E-state index in [0.717, 1.165) is 12.0 Å². The number of rotatable bonds is 5. The van der Waals surface area contributed by atoms with Crippen LogP contribution >= 0.6 is 0 Å². The second-order valence-electron chi connectivity index (χ2n) is 4.35. The number of carbonyl (C=O) groups is 1. The van der Waals surface area contributed by atoms with Crippen molar-refractivity contribution in [3.8, 4) is 0 Å². The molecule has 0 heterocycles. The first-order valence-electron chi connectivity index (χ1n) is 4.91. The fourth-order valence-electron chi connectivity index (χ4n) is 1.11. The molecule has 0 aliphatic carbocycles. The van der Waals surface area contributed by atoms with Crippen molar-refractivity contribution in [3.05, 3.63) is 11.6 Å². The van der Waals surface area contributed by atoms with Gasteiger partial charge in [-0.25, -0.2) is 4.79 Å². The molecule has 0 aliphatic heterocycles. The molecule has 3 heteroatoms. The topological polar surface area (TPSA) is 40.5 Å². The first kappa shape index (κ1) is 13.2. The predicted octanol–water partition coefficient (Wildman–Crippen LogP) is 2.14. The molecular formula is C11H21NO2. The standard InChI is InChI=1S/C11H21NO2/c1-6-11(3,4)12(5)8-9(2)7-10(13)14/h7H,6,8H2,1-5H3,(H,13,14). The van der Waals surface area contributed by atoms with Crippen LogP contribution in [-0.4, -0.2) is 35.1 Å². The molecule has 0 bridgehead atoms. The molecule has 3 nitrogen and oxygen atoms in total. The number of carboxylic acid groups (broad SMARTS) is 1. The third-order valence-electron chi connectivity index (χ3n) is 2.76. The van der Waals surface area contributed by atoms with Crippen LogP contribution in [0.4, 0.5) is 0 Å². The largest absolute Gasteiger partial charge is 0.478 e. The van der Waals surface area contributed by atoms with Gasteiger partial charge in [-0.1, -0.05) is 12.5 Å². The highest BCUT2D eigenvalue weighted by molar-refractivity contribution is 5.80. The number of likely N-dealkylation sites (N-methyl/N-ethyl adjacent to an activating group) is 1. The first-order chi connectivity index (χ1) is 6.29. The van der Waals surface area contributed by atoms with Crippen molar-refractivity contribution in [2.75, 3.05) is 13.6 Å². The summed E-state index contributed by atoms with van der Waals surface area (Å²) in [6.45, 7) is 8.98. The molecule has 0 aromatic carbocycles. The van der Waals surface area contributed by atoms with Crippen molar-refractivity contribution in [2.45, 2.75) is 39.7 Å². The summed E-state index contributed by atoms with van der Waals surface area (Å²) in [6, 6.07) is 0. The molecule has 0 spiro atoms. The van der Waals surface area contributed by atoms with Gasteiger partial charge in [0.15, 0.2) is 0 Å². The minimum atomic E-state index is -0.870. The lowest BCUT2D eigenvalue weighted by Crippen LogP contribution is -2.41. The third-order valence-corrected chi connectivity index (χ3v) is 2.76. The Morgan fingerprint density at radius 3 is 2.36 bits per heavy atom. The lowest BCUT2D eigenvalue weighted by Gasteiger charge is -2.35. The summed E-state index contributed by atoms with van der Waals surface area (Å²) in [5.41, 5.74) is 0.995. The Balaban J connectivity index is 4.32. The van der Waals surface area contributed by atoms with E-state index in [1.807, 2.05) is 14.0 Å². The van der Waals surface area contributed by atoms with E-state index in [0.29, 0.717) is 6.54 Å². The van der Waals surface area contributed by atoms with Crippen LogP contribution in [0, 0.1) is 0 Å². The molecular weight excluding hydrogens is 178 g/mol. The number of nitrogens with zero attached hydrogens (tertiary/aromatic N) is 1. The van der Waals surface area contributed by atoms with E-state index in [4.69, 9.17) is 5.11 Å². The van der Waals surface area contributed by atoms with Gasteiger partial charge in [0, 0.05) is 18.2 Å². The van der Waals surface area contributed by atoms with Gasteiger partial charge in [-0.3, -0.25) is 4.90 Å². The summed E-state index contributed by atoms with van der Waals surface area (Å²) >= 11 is 0. The molecule has 0 atom stereocenters. The minimum Gasteiger partial charge on any atom is -0.478 e. The average molecular weight is 199 g/mol. The molecule has 0 aromatic rings. The van der Waals surface area contributed by atoms with Gasteiger partial charge in [-0.15, -0.1) is 0 Å². The molecule has 0 aromatic heterocycles. The van der Waals surface area contributed by atoms with Crippen LogP contribution in [0.15, 0.2) is 11.6 Å². The van der Waals surface area contributed by atoms with E-state index in [-0.39, 0.29) is 5.54 Å². The van der Waals surface area contributed by atoms with E-state index in [9.17, 15) is 4.79 Å². The zero-order valence-electron chi connectivity index (χ0n) is 9.79. The highest BCUT2D eigenvalue weighted by atomic mass is 16.4. The summed E-state index contributed by atoms with van der Waals surface area (Å²) in [5, 5.41) is 8.56. The van der Waals surface area contributed by atoms with Crippen LogP contribution in [0.2, 0.25) is 0 Å². The van der Waals surface area contributed by atoms with Crippen LogP contribution in [0.3, 0.4) is 0 Å². The third kappa shape index (κ3) is 4.42. The molecule has 0 rings (SSSR count). The summed E-state index contributed by atoms with van der Waals surface area (Å²) in [5.74, 6) is -0.870. The van der Waals surface area contributed by atoms with Gasteiger partial charge in [-0.05, 0) is 34.2 Å². The molecule has 0 amide bonds. The maximum absolute atomic E-state index is 10.4. The average Bonchev–Trinajstić information content (AvgIpc) is 2.02. The fourth-order valence-corrected chi connectivity index (χ4v) is 1.11.